The van der Waals surface area contributed by atoms with Crippen LogP contribution in [-0.4, -0.2) is 22.0 Å². The first kappa shape index (κ1) is 15.5. The number of nitrogens with one attached hydrogen (secondary N) is 2. The van der Waals surface area contributed by atoms with Crippen molar-refractivity contribution in [1.82, 2.24) is 10.0 Å². The van der Waals surface area contributed by atoms with E-state index >= 15 is 0 Å². The Morgan fingerprint density at radius 2 is 2.05 bits per heavy atom. The Hall–Kier alpha value is -0.910. The third-order valence-electron chi connectivity index (χ3n) is 4.39. The van der Waals surface area contributed by atoms with Gasteiger partial charge in [-0.3, -0.25) is 0 Å². The molecule has 2 rings (SSSR count). The van der Waals surface area contributed by atoms with Gasteiger partial charge in [0, 0.05) is 13.1 Å². The molecule has 0 heterocycles. The van der Waals surface area contributed by atoms with Crippen molar-refractivity contribution in [3.8, 4) is 0 Å². The summed E-state index contributed by atoms with van der Waals surface area (Å²) in [4.78, 5) is 0.357. The van der Waals surface area contributed by atoms with Gasteiger partial charge in [0.25, 0.3) is 0 Å². The van der Waals surface area contributed by atoms with Gasteiger partial charge < -0.3 is 5.32 Å². The first-order valence-corrected chi connectivity index (χ1v) is 8.73. The third kappa shape index (κ3) is 3.40. The van der Waals surface area contributed by atoms with Gasteiger partial charge in [-0.25, -0.2) is 13.1 Å². The van der Waals surface area contributed by atoms with E-state index in [1.165, 1.54) is 6.42 Å². The van der Waals surface area contributed by atoms with Gasteiger partial charge in [-0.05, 0) is 49.4 Å². The smallest absolute Gasteiger partial charge is 0.240 e. The summed E-state index contributed by atoms with van der Waals surface area (Å²) in [7, 11) is -1.55. The minimum Gasteiger partial charge on any atom is -0.316 e. The number of hydrogen-bond acceptors (Lipinski definition) is 3. The third-order valence-corrected chi connectivity index (χ3v) is 5.79. The Bertz CT molecular complexity index is 545. The molecule has 0 unspecified atom stereocenters. The highest BCUT2D eigenvalue weighted by Crippen LogP contribution is 2.43. The summed E-state index contributed by atoms with van der Waals surface area (Å²) >= 11 is 0. The highest BCUT2D eigenvalue weighted by atomic mass is 32.2. The summed E-state index contributed by atoms with van der Waals surface area (Å²) in [5.41, 5.74) is 1.17. The molecule has 20 heavy (non-hydrogen) atoms. The van der Waals surface area contributed by atoms with Crippen LogP contribution in [0.4, 0.5) is 0 Å². The number of rotatable bonds is 7. The molecule has 1 aromatic carbocycles. The van der Waals surface area contributed by atoms with Crippen molar-refractivity contribution in [2.24, 2.45) is 5.41 Å². The molecule has 2 N–H and O–H groups in total. The zero-order valence-electron chi connectivity index (χ0n) is 12.3. The molecule has 1 fully saturated rings. The maximum Gasteiger partial charge on any atom is 0.240 e. The molecule has 0 bridgehead atoms. The number of benzene rings is 1. The van der Waals surface area contributed by atoms with Gasteiger partial charge in [-0.15, -0.1) is 0 Å². The maximum atomic E-state index is 12.4. The summed E-state index contributed by atoms with van der Waals surface area (Å²) in [6.07, 6.45) is 4.51. The Morgan fingerprint density at radius 1 is 1.30 bits per heavy atom. The van der Waals surface area contributed by atoms with Crippen molar-refractivity contribution in [3.05, 3.63) is 29.8 Å². The fourth-order valence-corrected chi connectivity index (χ4v) is 3.92. The second kappa shape index (κ2) is 6.24. The van der Waals surface area contributed by atoms with E-state index in [2.05, 4.69) is 17.0 Å². The van der Waals surface area contributed by atoms with Crippen molar-refractivity contribution in [2.45, 2.75) is 44.0 Å². The quantitative estimate of drug-likeness (QED) is 0.811. The van der Waals surface area contributed by atoms with Crippen molar-refractivity contribution in [1.29, 1.82) is 0 Å². The van der Waals surface area contributed by atoms with Gasteiger partial charge >= 0.3 is 0 Å². The molecule has 0 atom stereocenters. The highest BCUT2D eigenvalue weighted by Gasteiger charge is 2.36. The molecule has 1 saturated carbocycles. The molecule has 0 amide bonds. The van der Waals surface area contributed by atoms with Crippen LogP contribution in [0.3, 0.4) is 0 Å². The Kier molecular flexibility index (Phi) is 4.83. The van der Waals surface area contributed by atoms with Crippen molar-refractivity contribution >= 4 is 10.0 Å². The average molecular weight is 296 g/mol. The maximum absolute atomic E-state index is 12.4. The van der Waals surface area contributed by atoms with Crippen LogP contribution in [0.5, 0.6) is 0 Å². The molecule has 0 spiro atoms. The van der Waals surface area contributed by atoms with Gasteiger partial charge in [-0.1, -0.05) is 25.5 Å². The van der Waals surface area contributed by atoms with Gasteiger partial charge in [0.2, 0.25) is 10.0 Å². The Labute approximate surface area is 122 Å². The molecule has 0 aliphatic heterocycles. The van der Waals surface area contributed by atoms with E-state index in [9.17, 15) is 8.42 Å². The molecule has 1 aromatic rings. The van der Waals surface area contributed by atoms with Crippen LogP contribution >= 0.6 is 0 Å². The van der Waals surface area contributed by atoms with Crippen LogP contribution < -0.4 is 10.0 Å². The van der Waals surface area contributed by atoms with Crippen LogP contribution in [0.25, 0.3) is 0 Å². The van der Waals surface area contributed by atoms with E-state index in [0.717, 1.165) is 24.8 Å². The van der Waals surface area contributed by atoms with Gasteiger partial charge in [0.15, 0.2) is 0 Å². The fraction of sp³-hybridized carbons (Fsp3) is 0.600. The van der Waals surface area contributed by atoms with Crippen molar-refractivity contribution in [2.75, 3.05) is 13.6 Å². The molecule has 0 saturated heterocycles. The van der Waals surface area contributed by atoms with E-state index in [4.69, 9.17) is 0 Å². The zero-order valence-corrected chi connectivity index (χ0v) is 13.1. The monoisotopic (exact) mass is 296 g/mol. The van der Waals surface area contributed by atoms with Crippen LogP contribution in [0.15, 0.2) is 29.2 Å². The lowest BCUT2D eigenvalue weighted by Crippen LogP contribution is -2.41. The van der Waals surface area contributed by atoms with E-state index in [-0.39, 0.29) is 5.41 Å². The summed E-state index contributed by atoms with van der Waals surface area (Å²) in [5.74, 6) is 0. The summed E-state index contributed by atoms with van der Waals surface area (Å²) in [5, 5.41) is 3.03. The predicted molar refractivity (Wildman–Crippen MR) is 81.0 cm³/mol. The average Bonchev–Trinajstić information content (AvgIpc) is 2.39. The Morgan fingerprint density at radius 3 is 2.60 bits per heavy atom. The lowest BCUT2D eigenvalue weighted by molar-refractivity contribution is 0.133. The Balaban J connectivity index is 2.08. The van der Waals surface area contributed by atoms with Gasteiger partial charge in [-0.2, -0.15) is 0 Å². The SMILES string of the molecule is CCC1(CNS(=O)(=O)c2cccc(CNC)c2)CCC1. The zero-order chi connectivity index (χ0) is 14.6. The van der Waals surface area contributed by atoms with Gasteiger partial charge in [0.1, 0.15) is 0 Å². The van der Waals surface area contributed by atoms with Crippen molar-refractivity contribution < 1.29 is 8.42 Å². The molecular weight excluding hydrogens is 272 g/mol. The lowest BCUT2D eigenvalue weighted by atomic mass is 9.67. The molecule has 1 aliphatic rings. The predicted octanol–water partition coefficient (Wildman–Crippen LogP) is 2.26. The summed E-state index contributed by atoms with van der Waals surface area (Å²) in [6, 6.07) is 7.11. The fourth-order valence-electron chi connectivity index (χ4n) is 2.69. The molecule has 112 valence electrons. The van der Waals surface area contributed by atoms with Crippen molar-refractivity contribution in [3.63, 3.8) is 0 Å². The van der Waals surface area contributed by atoms with E-state index in [1.807, 2.05) is 13.1 Å². The topological polar surface area (TPSA) is 58.2 Å². The minimum absolute atomic E-state index is 0.190. The lowest BCUT2D eigenvalue weighted by Gasteiger charge is -2.41. The van der Waals surface area contributed by atoms with Crippen LogP contribution in [-0.2, 0) is 16.6 Å². The van der Waals surface area contributed by atoms with Crippen LogP contribution in [0.2, 0.25) is 0 Å². The van der Waals surface area contributed by atoms with Gasteiger partial charge in [0.05, 0.1) is 4.90 Å². The highest BCUT2D eigenvalue weighted by molar-refractivity contribution is 7.89. The second-order valence-corrected chi connectivity index (χ2v) is 7.48. The van der Waals surface area contributed by atoms with E-state index < -0.39 is 10.0 Å². The summed E-state index contributed by atoms with van der Waals surface area (Å²) < 4.78 is 27.5. The molecule has 0 aromatic heterocycles. The normalized spacial score (nSPS) is 17.7. The second-order valence-electron chi connectivity index (χ2n) is 5.71. The largest absolute Gasteiger partial charge is 0.316 e. The number of hydrogen-bond donors (Lipinski definition) is 2. The van der Waals surface area contributed by atoms with Crippen LogP contribution in [0.1, 0.15) is 38.2 Å². The molecule has 1 aliphatic carbocycles. The van der Waals surface area contributed by atoms with Crippen LogP contribution in [0, 0.1) is 5.41 Å². The molecule has 0 radical (unpaired) electrons. The minimum atomic E-state index is -3.40. The number of sulfonamides is 1. The molecular formula is C15H24N2O2S. The van der Waals surface area contributed by atoms with E-state index in [1.54, 1.807) is 18.2 Å². The van der Waals surface area contributed by atoms with E-state index in [0.29, 0.717) is 18.0 Å². The standard InChI is InChI=1S/C15H24N2O2S/c1-3-15(8-5-9-15)12-17-20(18,19)14-7-4-6-13(10-14)11-16-2/h4,6-7,10,16-17H,3,5,8-9,11-12H2,1-2H3. The first-order chi connectivity index (χ1) is 9.51. The molecule has 4 nitrogen and oxygen atoms in total. The molecule has 5 heteroatoms. The first-order valence-electron chi connectivity index (χ1n) is 7.24. The summed E-state index contributed by atoms with van der Waals surface area (Å²) in [6.45, 7) is 3.37.